The molecule has 2 aliphatic rings. The van der Waals surface area contributed by atoms with Crippen LogP contribution in [0.2, 0.25) is 0 Å². The summed E-state index contributed by atoms with van der Waals surface area (Å²) in [5.74, 6) is -0.0465. The van der Waals surface area contributed by atoms with Crippen molar-refractivity contribution in [2.45, 2.75) is 39.7 Å². The molecule has 5 nitrogen and oxygen atoms in total. The topological polar surface area (TPSA) is 62.3 Å². The Bertz CT molecular complexity index is 947. The van der Waals surface area contributed by atoms with Crippen LogP contribution in [0.3, 0.4) is 0 Å². The fourth-order valence-electron chi connectivity index (χ4n) is 4.15. The fourth-order valence-corrected chi connectivity index (χ4v) is 4.15. The van der Waals surface area contributed by atoms with Crippen LogP contribution < -0.4 is 10.2 Å². The predicted molar refractivity (Wildman–Crippen MR) is 105 cm³/mol. The Morgan fingerprint density at radius 3 is 2.59 bits per heavy atom. The fraction of sp³-hybridized carbons (Fsp3) is 0.318. The Morgan fingerprint density at radius 1 is 1.15 bits per heavy atom. The third kappa shape index (κ3) is 3.03. The summed E-state index contributed by atoms with van der Waals surface area (Å²) in [6.45, 7) is 5.74. The van der Waals surface area contributed by atoms with Crippen LogP contribution in [0.1, 0.15) is 45.3 Å². The van der Waals surface area contributed by atoms with Crippen molar-refractivity contribution < 1.29 is 9.59 Å². The van der Waals surface area contributed by atoms with Crippen LogP contribution in [0.15, 0.2) is 59.9 Å². The Hall–Kier alpha value is -2.95. The molecular weight excluding hydrogens is 338 g/mol. The zero-order chi connectivity index (χ0) is 19.2. The molecule has 0 fully saturated rings. The summed E-state index contributed by atoms with van der Waals surface area (Å²) in [4.78, 5) is 32.2. The number of ketones is 1. The maximum absolute atomic E-state index is 13.2. The molecule has 5 heteroatoms. The number of hydrogen-bond donors (Lipinski definition) is 1. The van der Waals surface area contributed by atoms with E-state index in [1.807, 2.05) is 42.5 Å². The van der Waals surface area contributed by atoms with Crippen molar-refractivity contribution in [2.75, 3.05) is 10.2 Å². The van der Waals surface area contributed by atoms with E-state index in [-0.39, 0.29) is 17.1 Å². The van der Waals surface area contributed by atoms with Gasteiger partial charge in [0, 0.05) is 30.8 Å². The minimum atomic E-state index is -0.529. The van der Waals surface area contributed by atoms with Gasteiger partial charge in [0.2, 0.25) is 5.91 Å². The van der Waals surface area contributed by atoms with E-state index in [0.717, 1.165) is 23.5 Å². The Labute approximate surface area is 159 Å². The van der Waals surface area contributed by atoms with Crippen molar-refractivity contribution >= 4 is 23.1 Å². The highest BCUT2D eigenvalue weighted by molar-refractivity contribution is 6.05. The second kappa shape index (κ2) is 6.34. The van der Waals surface area contributed by atoms with Crippen molar-refractivity contribution in [2.24, 2.45) is 5.41 Å². The van der Waals surface area contributed by atoms with E-state index >= 15 is 0 Å². The average molecular weight is 361 g/mol. The summed E-state index contributed by atoms with van der Waals surface area (Å²) in [5, 5.41) is 3.47. The number of fused-ring (bicyclic) bond motifs is 1. The Kier molecular flexibility index (Phi) is 4.10. The lowest BCUT2D eigenvalue weighted by atomic mass is 9.73. The van der Waals surface area contributed by atoms with Gasteiger partial charge >= 0.3 is 0 Å². The van der Waals surface area contributed by atoms with Gasteiger partial charge in [0.25, 0.3) is 0 Å². The molecule has 27 heavy (non-hydrogen) atoms. The van der Waals surface area contributed by atoms with Gasteiger partial charge in [-0.2, -0.15) is 0 Å². The largest absolute Gasteiger partial charge is 0.357 e. The number of carbonyl (C=O) groups excluding carboxylic acids is 2. The molecule has 4 rings (SSSR count). The summed E-state index contributed by atoms with van der Waals surface area (Å²) >= 11 is 0. The van der Waals surface area contributed by atoms with E-state index in [4.69, 9.17) is 0 Å². The maximum Gasteiger partial charge on any atom is 0.224 e. The van der Waals surface area contributed by atoms with Gasteiger partial charge in [0.05, 0.1) is 17.1 Å². The normalized spacial score (nSPS) is 21.1. The van der Waals surface area contributed by atoms with Crippen molar-refractivity contribution in [3.05, 3.63) is 65.6 Å². The second-order valence-corrected chi connectivity index (χ2v) is 8.02. The second-order valence-electron chi connectivity index (χ2n) is 8.02. The quantitative estimate of drug-likeness (QED) is 0.825. The molecule has 1 aromatic heterocycles. The van der Waals surface area contributed by atoms with Gasteiger partial charge in [0.15, 0.2) is 5.78 Å². The van der Waals surface area contributed by atoms with Crippen molar-refractivity contribution in [1.82, 2.24) is 4.98 Å². The van der Waals surface area contributed by atoms with E-state index in [1.54, 1.807) is 11.1 Å². The molecular formula is C22H23N3O2. The molecule has 1 amide bonds. The van der Waals surface area contributed by atoms with E-state index in [1.165, 1.54) is 6.92 Å². The molecule has 1 aliphatic carbocycles. The number of aromatic nitrogens is 1. The molecule has 2 heterocycles. The number of hydrogen-bond acceptors (Lipinski definition) is 4. The summed E-state index contributed by atoms with van der Waals surface area (Å²) in [6, 6.07) is 12.8. The lowest BCUT2D eigenvalue weighted by molar-refractivity contribution is -0.118. The first-order valence-corrected chi connectivity index (χ1v) is 9.20. The highest BCUT2D eigenvalue weighted by Crippen LogP contribution is 2.47. The highest BCUT2D eigenvalue weighted by atomic mass is 16.2. The SMILES string of the molecule is CC(=O)N1c2ccccc2NC2=C(C(=O)CC(C)(C)C2)[C@@H]1c1ccccn1. The van der Waals surface area contributed by atoms with E-state index in [9.17, 15) is 9.59 Å². The lowest BCUT2D eigenvalue weighted by Crippen LogP contribution is -2.38. The molecule has 0 spiro atoms. The first-order chi connectivity index (χ1) is 12.9. The molecule has 1 atom stereocenters. The van der Waals surface area contributed by atoms with Gasteiger partial charge < -0.3 is 5.32 Å². The van der Waals surface area contributed by atoms with Crippen LogP contribution in [0.5, 0.6) is 0 Å². The molecule has 0 unspecified atom stereocenters. The number of nitrogens with one attached hydrogen (secondary N) is 1. The number of anilines is 2. The molecule has 0 radical (unpaired) electrons. The number of Topliss-reactive ketones (excluding diaryl/α,β-unsaturated/α-hetero) is 1. The minimum Gasteiger partial charge on any atom is -0.357 e. The van der Waals surface area contributed by atoms with Gasteiger partial charge in [-0.1, -0.05) is 32.0 Å². The first-order valence-electron chi connectivity index (χ1n) is 9.20. The van der Waals surface area contributed by atoms with Gasteiger partial charge in [0.1, 0.15) is 6.04 Å². The zero-order valence-electron chi connectivity index (χ0n) is 15.8. The lowest BCUT2D eigenvalue weighted by Gasteiger charge is -2.36. The molecule has 1 aromatic carbocycles. The number of para-hydroxylation sites is 2. The van der Waals surface area contributed by atoms with Crippen LogP contribution >= 0.6 is 0 Å². The van der Waals surface area contributed by atoms with Gasteiger partial charge in [-0.05, 0) is 36.1 Å². The van der Waals surface area contributed by atoms with Gasteiger partial charge in [-0.15, -0.1) is 0 Å². The monoisotopic (exact) mass is 361 g/mol. The third-order valence-corrected chi connectivity index (χ3v) is 5.21. The maximum atomic E-state index is 13.2. The summed E-state index contributed by atoms with van der Waals surface area (Å²) in [6.07, 6.45) is 2.91. The van der Waals surface area contributed by atoms with E-state index < -0.39 is 6.04 Å². The number of amides is 1. The van der Waals surface area contributed by atoms with Crippen molar-refractivity contribution in [1.29, 1.82) is 0 Å². The first kappa shape index (κ1) is 17.5. The van der Waals surface area contributed by atoms with Crippen molar-refractivity contribution in [3.63, 3.8) is 0 Å². The molecule has 1 N–H and O–H groups in total. The molecule has 2 aromatic rings. The molecule has 1 aliphatic heterocycles. The van der Waals surface area contributed by atoms with E-state index in [2.05, 4.69) is 24.1 Å². The molecule has 138 valence electrons. The van der Waals surface area contributed by atoms with Crippen LogP contribution in [-0.2, 0) is 9.59 Å². The smallest absolute Gasteiger partial charge is 0.224 e. The van der Waals surface area contributed by atoms with Crippen LogP contribution in [-0.4, -0.2) is 16.7 Å². The predicted octanol–water partition coefficient (Wildman–Crippen LogP) is 4.24. The molecule has 0 saturated heterocycles. The molecule has 0 bridgehead atoms. The molecule has 0 saturated carbocycles. The van der Waals surface area contributed by atoms with Gasteiger partial charge in [-0.3, -0.25) is 19.5 Å². The van der Waals surface area contributed by atoms with Gasteiger partial charge in [-0.25, -0.2) is 0 Å². The minimum absolute atomic E-state index is 0.0726. The average Bonchev–Trinajstić information content (AvgIpc) is 2.75. The number of rotatable bonds is 1. The third-order valence-electron chi connectivity index (χ3n) is 5.21. The summed E-state index contributed by atoms with van der Waals surface area (Å²) < 4.78 is 0. The van der Waals surface area contributed by atoms with Crippen LogP contribution in [0.25, 0.3) is 0 Å². The number of pyridine rings is 1. The zero-order valence-corrected chi connectivity index (χ0v) is 15.8. The Morgan fingerprint density at radius 2 is 1.89 bits per heavy atom. The summed E-state index contributed by atoms with van der Waals surface area (Å²) in [5.41, 5.74) is 3.72. The van der Waals surface area contributed by atoms with Crippen LogP contribution in [0.4, 0.5) is 11.4 Å². The number of nitrogens with zero attached hydrogens (tertiary/aromatic N) is 2. The standard InChI is InChI=1S/C22H23N3O2/c1-14(26)25-18-10-5-4-8-15(18)24-17-12-22(2,3)13-19(27)20(17)21(25)16-9-6-7-11-23-16/h4-11,21,24H,12-13H2,1-3H3/t21-/m0/s1. The number of carbonyl (C=O) groups is 2. The van der Waals surface area contributed by atoms with Crippen LogP contribution in [0, 0.1) is 5.41 Å². The highest BCUT2D eigenvalue weighted by Gasteiger charge is 2.42. The van der Waals surface area contributed by atoms with Crippen molar-refractivity contribution in [3.8, 4) is 0 Å². The number of benzene rings is 1. The Balaban J connectivity index is 2.01. The van der Waals surface area contributed by atoms with E-state index in [0.29, 0.717) is 17.7 Å². The summed E-state index contributed by atoms with van der Waals surface area (Å²) in [7, 11) is 0. The number of allylic oxidation sites excluding steroid dienone is 1.